The Morgan fingerprint density at radius 3 is 2.52 bits per heavy atom. The minimum atomic E-state index is -0.523. The monoisotopic (exact) mass is 372 g/mol. The number of carbonyl (C=O) groups excluding carboxylic acids is 1. The zero-order chi connectivity index (χ0) is 18.9. The number of amides is 1. The first kappa shape index (κ1) is 21.0. The van der Waals surface area contributed by atoms with Crippen molar-refractivity contribution < 1.29 is 13.9 Å². The van der Waals surface area contributed by atoms with Gasteiger partial charge in [-0.2, -0.15) is 0 Å². The molecule has 6 nitrogen and oxygen atoms in total. The van der Waals surface area contributed by atoms with Gasteiger partial charge in [-0.25, -0.2) is 14.2 Å². The number of benzene rings is 1. The van der Waals surface area contributed by atoms with Gasteiger partial charge in [-0.3, -0.25) is 0 Å². The molecule has 0 aliphatic carbocycles. The number of nitrogens with one attached hydrogen (secondary N) is 3. The Labute approximate surface area is 153 Å². The van der Waals surface area contributed by atoms with Crippen molar-refractivity contribution in [1.29, 1.82) is 0 Å². The van der Waals surface area contributed by atoms with Crippen LogP contribution in [0, 0.1) is 5.82 Å². The van der Waals surface area contributed by atoms with Crippen molar-refractivity contribution in [2.75, 3.05) is 19.6 Å². The van der Waals surface area contributed by atoms with Crippen molar-refractivity contribution in [2.45, 2.75) is 39.8 Å². The molecule has 0 saturated carbocycles. The van der Waals surface area contributed by atoms with Gasteiger partial charge in [0, 0.05) is 19.6 Å². The maximum Gasteiger partial charge on any atom is 0.407 e. The van der Waals surface area contributed by atoms with Crippen LogP contribution in [0.2, 0.25) is 5.02 Å². The Kier molecular flexibility index (Phi) is 8.48. The minimum Gasteiger partial charge on any atom is -0.444 e. The number of hydrogen-bond donors (Lipinski definition) is 3. The van der Waals surface area contributed by atoms with Gasteiger partial charge in [0.1, 0.15) is 11.4 Å². The molecule has 0 heterocycles. The number of rotatable bonds is 6. The third-order valence-corrected chi connectivity index (χ3v) is 3.12. The molecule has 0 spiro atoms. The lowest BCUT2D eigenvalue weighted by Gasteiger charge is -2.19. The molecule has 3 N–H and O–H groups in total. The first-order valence-electron chi connectivity index (χ1n) is 8.14. The fraction of sp³-hybridized carbons (Fsp3) is 0.529. The fourth-order valence-electron chi connectivity index (χ4n) is 1.81. The SMILES string of the molecule is CCNC(=NCc1ccc(F)c(Cl)c1)NCCNC(=O)OC(C)(C)C. The minimum absolute atomic E-state index is 0.0761. The Morgan fingerprint density at radius 2 is 1.92 bits per heavy atom. The highest BCUT2D eigenvalue weighted by atomic mass is 35.5. The topological polar surface area (TPSA) is 74.8 Å². The number of aliphatic imine (C=N–C) groups is 1. The first-order chi connectivity index (χ1) is 11.7. The van der Waals surface area contributed by atoms with E-state index in [1.54, 1.807) is 12.1 Å². The lowest BCUT2D eigenvalue weighted by molar-refractivity contribution is 0.0529. The highest BCUT2D eigenvalue weighted by Crippen LogP contribution is 2.16. The molecule has 8 heteroatoms. The predicted molar refractivity (Wildman–Crippen MR) is 98.5 cm³/mol. The van der Waals surface area contributed by atoms with Gasteiger partial charge < -0.3 is 20.7 Å². The number of guanidine groups is 1. The van der Waals surface area contributed by atoms with Crippen molar-refractivity contribution in [3.63, 3.8) is 0 Å². The van der Waals surface area contributed by atoms with Crippen LogP contribution >= 0.6 is 11.6 Å². The summed E-state index contributed by atoms with van der Waals surface area (Å²) in [5.74, 6) is 0.140. The average Bonchev–Trinajstić information content (AvgIpc) is 2.50. The fourth-order valence-corrected chi connectivity index (χ4v) is 2.01. The molecule has 0 atom stereocenters. The third-order valence-electron chi connectivity index (χ3n) is 2.83. The normalized spacial score (nSPS) is 11.8. The van der Waals surface area contributed by atoms with Crippen molar-refractivity contribution in [3.8, 4) is 0 Å². The number of alkyl carbamates (subject to hydrolysis) is 1. The van der Waals surface area contributed by atoms with Crippen LogP contribution in [0.1, 0.15) is 33.3 Å². The summed E-state index contributed by atoms with van der Waals surface area (Å²) in [6.07, 6.45) is -0.461. The van der Waals surface area contributed by atoms with Crippen molar-refractivity contribution in [2.24, 2.45) is 4.99 Å². The van der Waals surface area contributed by atoms with Crippen LogP contribution in [0.5, 0.6) is 0 Å². The molecular weight excluding hydrogens is 347 g/mol. The van der Waals surface area contributed by atoms with E-state index in [1.165, 1.54) is 6.07 Å². The van der Waals surface area contributed by atoms with Crippen LogP contribution in [-0.2, 0) is 11.3 Å². The largest absolute Gasteiger partial charge is 0.444 e. The molecule has 0 unspecified atom stereocenters. The molecule has 0 bridgehead atoms. The second-order valence-electron chi connectivity index (χ2n) is 6.30. The van der Waals surface area contributed by atoms with Gasteiger partial charge in [0.2, 0.25) is 0 Å². The van der Waals surface area contributed by atoms with E-state index in [1.807, 2.05) is 27.7 Å². The van der Waals surface area contributed by atoms with Crippen LogP contribution in [0.15, 0.2) is 23.2 Å². The van der Waals surface area contributed by atoms with Crippen LogP contribution in [0.3, 0.4) is 0 Å². The van der Waals surface area contributed by atoms with Gasteiger partial charge in [-0.1, -0.05) is 17.7 Å². The summed E-state index contributed by atoms with van der Waals surface area (Å²) in [5, 5.41) is 8.92. The lowest BCUT2D eigenvalue weighted by atomic mass is 10.2. The summed E-state index contributed by atoms with van der Waals surface area (Å²) in [6.45, 7) is 9.29. The van der Waals surface area contributed by atoms with E-state index in [-0.39, 0.29) is 5.02 Å². The maximum absolute atomic E-state index is 13.2. The van der Waals surface area contributed by atoms with Crippen molar-refractivity contribution in [3.05, 3.63) is 34.6 Å². The van der Waals surface area contributed by atoms with Gasteiger partial charge in [-0.15, -0.1) is 0 Å². The van der Waals surface area contributed by atoms with Gasteiger partial charge in [0.15, 0.2) is 5.96 Å². The molecule has 1 aromatic carbocycles. The predicted octanol–water partition coefficient (Wildman–Crippen LogP) is 3.06. The van der Waals surface area contributed by atoms with E-state index in [0.717, 1.165) is 5.56 Å². The number of halogens is 2. The number of carbonyl (C=O) groups is 1. The van der Waals surface area contributed by atoms with Gasteiger partial charge >= 0.3 is 6.09 Å². The van der Waals surface area contributed by atoms with E-state index >= 15 is 0 Å². The van der Waals surface area contributed by atoms with E-state index in [0.29, 0.717) is 32.1 Å². The zero-order valence-electron chi connectivity index (χ0n) is 15.1. The summed E-state index contributed by atoms with van der Waals surface area (Å²) in [5.41, 5.74) is 0.278. The Hall–Kier alpha value is -2.02. The van der Waals surface area contributed by atoms with E-state index < -0.39 is 17.5 Å². The lowest BCUT2D eigenvalue weighted by Crippen LogP contribution is -2.42. The smallest absolute Gasteiger partial charge is 0.407 e. The Morgan fingerprint density at radius 1 is 1.24 bits per heavy atom. The number of hydrogen-bond acceptors (Lipinski definition) is 3. The molecular formula is C17H26ClFN4O2. The first-order valence-corrected chi connectivity index (χ1v) is 8.52. The molecule has 0 aromatic heterocycles. The van der Waals surface area contributed by atoms with E-state index in [2.05, 4.69) is 20.9 Å². The molecule has 1 amide bonds. The highest BCUT2D eigenvalue weighted by Gasteiger charge is 2.15. The maximum atomic E-state index is 13.2. The summed E-state index contributed by atoms with van der Waals surface area (Å²) in [6, 6.07) is 4.50. The van der Waals surface area contributed by atoms with Crippen molar-refractivity contribution >= 4 is 23.7 Å². The molecule has 1 aromatic rings. The number of nitrogens with zero attached hydrogens (tertiary/aromatic N) is 1. The molecule has 0 radical (unpaired) electrons. The highest BCUT2D eigenvalue weighted by molar-refractivity contribution is 6.30. The van der Waals surface area contributed by atoms with Gasteiger partial charge in [-0.05, 0) is 45.4 Å². The quantitative estimate of drug-likeness (QED) is 0.407. The Bertz CT molecular complexity index is 603. The van der Waals surface area contributed by atoms with E-state index in [9.17, 15) is 9.18 Å². The van der Waals surface area contributed by atoms with Crippen LogP contribution in [0.4, 0.5) is 9.18 Å². The molecule has 25 heavy (non-hydrogen) atoms. The summed E-state index contributed by atoms with van der Waals surface area (Å²) in [7, 11) is 0. The van der Waals surface area contributed by atoms with Crippen LogP contribution in [-0.4, -0.2) is 37.3 Å². The van der Waals surface area contributed by atoms with E-state index in [4.69, 9.17) is 16.3 Å². The standard InChI is InChI=1S/C17H26ClFN4O2/c1-5-20-15(21-8-9-22-16(24)25-17(2,3)4)23-11-12-6-7-14(19)13(18)10-12/h6-7,10H,5,8-9,11H2,1-4H3,(H,22,24)(H2,20,21,23). The van der Waals surface area contributed by atoms with Crippen LogP contribution < -0.4 is 16.0 Å². The summed E-state index contributed by atoms with van der Waals surface area (Å²) < 4.78 is 18.3. The molecule has 0 saturated heterocycles. The zero-order valence-corrected chi connectivity index (χ0v) is 15.8. The third kappa shape index (κ3) is 9.14. The van der Waals surface area contributed by atoms with Gasteiger partial charge in [0.25, 0.3) is 0 Å². The summed E-state index contributed by atoms with van der Waals surface area (Å²) in [4.78, 5) is 15.9. The number of ether oxygens (including phenoxy) is 1. The summed E-state index contributed by atoms with van der Waals surface area (Å²) >= 11 is 5.76. The van der Waals surface area contributed by atoms with Crippen molar-refractivity contribution in [1.82, 2.24) is 16.0 Å². The molecule has 140 valence electrons. The molecule has 0 fully saturated rings. The molecule has 0 aliphatic rings. The second kappa shape index (κ2) is 10.1. The average molecular weight is 373 g/mol. The molecule has 0 aliphatic heterocycles. The van der Waals surface area contributed by atoms with Crippen LogP contribution in [0.25, 0.3) is 0 Å². The Balaban J connectivity index is 2.45. The molecule has 1 rings (SSSR count). The second-order valence-corrected chi connectivity index (χ2v) is 6.71. The van der Waals surface area contributed by atoms with Gasteiger partial charge in [0.05, 0.1) is 11.6 Å².